The van der Waals surface area contributed by atoms with Gasteiger partial charge >= 0.3 is 0 Å². The van der Waals surface area contributed by atoms with Crippen LogP contribution in [-0.2, 0) is 10.5 Å². The largest absolute Gasteiger partial charge is 0.289 e. The molecule has 1 heterocycles. The number of hydrogen-bond donors (Lipinski definition) is 0. The summed E-state index contributed by atoms with van der Waals surface area (Å²) in [6.07, 6.45) is 5.74. The molecule has 3 nitrogen and oxygen atoms in total. The number of amidine groups is 1. The van der Waals surface area contributed by atoms with Crippen molar-refractivity contribution in [3.8, 4) is 0 Å². The Kier molecular flexibility index (Phi) is 5.42. The summed E-state index contributed by atoms with van der Waals surface area (Å²) >= 11 is 7.56. The molecule has 0 N–H and O–H groups in total. The van der Waals surface area contributed by atoms with Crippen molar-refractivity contribution in [3.63, 3.8) is 0 Å². The van der Waals surface area contributed by atoms with Gasteiger partial charge in [-0.15, -0.1) is 0 Å². The van der Waals surface area contributed by atoms with Gasteiger partial charge in [-0.05, 0) is 30.5 Å². The number of carbonyl (C=O) groups is 1. The average Bonchev–Trinajstić information content (AvgIpc) is 3.03. The normalized spacial score (nSPS) is 19.3. The first kappa shape index (κ1) is 15.9. The SMILES string of the molecule is O=C(C1CCCCC1)N1CCN=C1SCc1ccc(Cl)cc1. The molecule has 1 aromatic carbocycles. The minimum atomic E-state index is 0.216. The summed E-state index contributed by atoms with van der Waals surface area (Å²) in [6.45, 7) is 1.49. The summed E-state index contributed by atoms with van der Waals surface area (Å²) in [4.78, 5) is 19.1. The number of aliphatic imine (C=N–C) groups is 1. The molecule has 1 aliphatic heterocycles. The van der Waals surface area contributed by atoms with Crippen LogP contribution in [0.3, 0.4) is 0 Å². The molecule has 0 bridgehead atoms. The molecule has 1 saturated carbocycles. The number of carbonyl (C=O) groups excluding carboxylic acids is 1. The first-order valence-electron chi connectivity index (χ1n) is 7.97. The van der Waals surface area contributed by atoms with Crippen molar-refractivity contribution in [3.05, 3.63) is 34.9 Å². The third kappa shape index (κ3) is 3.85. The van der Waals surface area contributed by atoms with Gasteiger partial charge in [-0.2, -0.15) is 0 Å². The smallest absolute Gasteiger partial charge is 0.231 e. The van der Waals surface area contributed by atoms with Gasteiger partial charge in [0.2, 0.25) is 5.91 Å². The molecular formula is C17H21ClN2OS. The molecule has 22 heavy (non-hydrogen) atoms. The van der Waals surface area contributed by atoms with Crippen LogP contribution in [0.4, 0.5) is 0 Å². The molecule has 1 amide bonds. The van der Waals surface area contributed by atoms with Crippen molar-refractivity contribution < 1.29 is 4.79 Å². The van der Waals surface area contributed by atoms with E-state index >= 15 is 0 Å². The quantitative estimate of drug-likeness (QED) is 0.822. The highest BCUT2D eigenvalue weighted by molar-refractivity contribution is 8.13. The Bertz CT molecular complexity index is 552. The monoisotopic (exact) mass is 336 g/mol. The second kappa shape index (κ2) is 7.51. The van der Waals surface area contributed by atoms with E-state index in [4.69, 9.17) is 11.6 Å². The standard InChI is InChI=1S/C17H21ClN2OS/c18-15-8-6-13(7-9-15)12-22-17-19-10-11-20(17)16(21)14-4-2-1-3-5-14/h6-9,14H,1-5,10-12H2. The molecule has 2 aliphatic rings. The number of thioether (sulfide) groups is 1. The van der Waals surface area contributed by atoms with Crippen LogP contribution in [-0.4, -0.2) is 29.1 Å². The molecule has 0 saturated heterocycles. The molecule has 0 atom stereocenters. The van der Waals surface area contributed by atoms with Crippen molar-refractivity contribution in [2.75, 3.05) is 13.1 Å². The second-order valence-corrected chi connectivity index (χ2v) is 7.28. The van der Waals surface area contributed by atoms with E-state index in [0.717, 1.165) is 41.9 Å². The Hall–Kier alpha value is -1.00. The molecule has 0 aromatic heterocycles. The topological polar surface area (TPSA) is 32.7 Å². The lowest BCUT2D eigenvalue weighted by atomic mass is 9.88. The Labute approximate surface area is 141 Å². The molecule has 3 rings (SSSR count). The van der Waals surface area contributed by atoms with Crippen LogP contribution in [0.2, 0.25) is 5.02 Å². The van der Waals surface area contributed by atoms with E-state index < -0.39 is 0 Å². The van der Waals surface area contributed by atoms with Crippen LogP contribution in [0.5, 0.6) is 0 Å². The lowest BCUT2D eigenvalue weighted by Gasteiger charge is -2.26. The van der Waals surface area contributed by atoms with Crippen LogP contribution in [0.25, 0.3) is 0 Å². The highest BCUT2D eigenvalue weighted by Crippen LogP contribution is 2.28. The predicted octanol–water partition coefficient (Wildman–Crippen LogP) is 4.35. The highest BCUT2D eigenvalue weighted by Gasteiger charge is 2.30. The summed E-state index contributed by atoms with van der Waals surface area (Å²) in [5.41, 5.74) is 1.20. The summed E-state index contributed by atoms with van der Waals surface area (Å²) < 4.78 is 0. The number of nitrogens with zero attached hydrogens (tertiary/aromatic N) is 2. The number of amides is 1. The zero-order chi connectivity index (χ0) is 15.4. The second-order valence-electron chi connectivity index (χ2n) is 5.90. The fourth-order valence-electron chi connectivity index (χ4n) is 3.05. The molecule has 1 aromatic rings. The van der Waals surface area contributed by atoms with Crippen LogP contribution in [0.1, 0.15) is 37.7 Å². The minimum absolute atomic E-state index is 0.216. The van der Waals surface area contributed by atoms with Crippen LogP contribution < -0.4 is 0 Å². The van der Waals surface area contributed by atoms with E-state index in [-0.39, 0.29) is 5.92 Å². The van der Waals surface area contributed by atoms with E-state index in [0.29, 0.717) is 5.91 Å². The van der Waals surface area contributed by atoms with Crippen molar-refractivity contribution in [2.45, 2.75) is 37.9 Å². The van der Waals surface area contributed by atoms with Gasteiger partial charge in [0.1, 0.15) is 0 Å². The zero-order valence-corrected chi connectivity index (χ0v) is 14.2. The minimum Gasteiger partial charge on any atom is -0.289 e. The third-order valence-electron chi connectivity index (χ3n) is 4.30. The molecule has 0 radical (unpaired) electrons. The molecule has 0 unspecified atom stereocenters. The van der Waals surface area contributed by atoms with E-state index in [1.54, 1.807) is 11.8 Å². The summed E-state index contributed by atoms with van der Waals surface area (Å²) in [5, 5.41) is 1.64. The Morgan fingerprint density at radius 3 is 2.68 bits per heavy atom. The van der Waals surface area contributed by atoms with Crippen molar-refractivity contribution in [2.24, 2.45) is 10.9 Å². The van der Waals surface area contributed by atoms with Gasteiger partial charge in [0, 0.05) is 23.2 Å². The molecular weight excluding hydrogens is 316 g/mol. The molecule has 118 valence electrons. The first-order chi connectivity index (χ1) is 10.7. The summed E-state index contributed by atoms with van der Waals surface area (Å²) in [5.74, 6) is 1.33. The van der Waals surface area contributed by atoms with Crippen LogP contribution in [0.15, 0.2) is 29.3 Å². The zero-order valence-electron chi connectivity index (χ0n) is 12.6. The summed E-state index contributed by atoms with van der Waals surface area (Å²) in [6, 6.07) is 7.86. The van der Waals surface area contributed by atoms with Crippen molar-refractivity contribution in [1.82, 2.24) is 4.90 Å². The highest BCUT2D eigenvalue weighted by atomic mass is 35.5. The van der Waals surface area contributed by atoms with Crippen molar-refractivity contribution in [1.29, 1.82) is 0 Å². The van der Waals surface area contributed by atoms with Crippen LogP contribution in [0, 0.1) is 5.92 Å². The van der Waals surface area contributed by atoms with Gasteiger partial charge in [-0.25, -0.2) is 0 Å². The predicted molar refractivity (Wildman–Crippen MR) is 93.3 cm³/mol. The van der Waals surface area contributed by atoms with Gasteiger partial charge in [-0.1, -0.05) is 54.8 Å². The van der Waals surface area contributed by atoms with Gasteiger partial charge < -0.3 is 0 Å². The van der Waals surface area contributed by atoms with Crippen LogP contribution >= 0.6 is 23.4 Å². The Balaban J connectivity index is 1.58. The maximum atomic E-state index is 12.7. The van der Waals surface area contributed by atoms with E-state index in [9.17, 15) is 4.79 Å². The van der Waals surface area contributed by atoms with Gasteiger partial charge in [0.05, 0.1) is 6.54 Å². The maximum absolute atomic E-state index is 12.7. The van der Waals surface area contributed by atoms with E-state index in [1.807, 2.05) is 29.2 Å². The Morgan fingerprint density at radius 2 is 1.95 bits per heavy atom. The number of benzene rings is 1. The lowest BCUT2D eigenvalue weighted by Crippen LogP contribution is -2.38. The van der Waals surface area contributed by atoms with Gasteiger partial charge in [-0.3, -0.25) is 14.7 Å². The molecule has 1 fully saturated rings. The maximum Gasteiger partial charge on any atom is 0.231 e. The molecule has 1 aliphatic carbocycles. The lowest BCUT2D eigenvalue weighted by molar-refractivity contribution is -0.132. The fourth-order valence-corrected chi connectivity index (χ4v) is 4.19. The van der Waals surface area contributed by atoms with Crippen molar-refractivity contribution >= 4 is 34.4 Å². The number of hydrogen-bond acceptors (Lipinski definition) is 3. The third-order valence-corrected chi connectivity index (χ3v) is 5.64. The van der Waals surface area contributed by atoms with E-state index in [2.05, 4.69) is 4.99 Å². The van der Waals surface area contributed by atoms with E-state index in [1.165, 1.54) is 24.8 Å². The molecule has 0 spiro atoms. The number of halogens is 1. The molecule has 5 heteroatoms. The summed E-state index contributed by atoms with van der Waals surface area (Å²) in [7, 11) is 0. The number of rotatable bonds is 3. The fraction of sp³-hybridized carbons (Fsp3) is 0.529. The Morgan fingerprint density at radius 1 is 1.23 bits per heavy atom. The average molecular weight is 337 g/mol. The van der Waals surface area contributed by atoms with Gasteiger partial charge in [0.25, 0.3) is 0 Å². The van der Waals surface area contributed by atoms with Gasteiger partial charge in [0.15, 0.2) is 5.17 Å². The first-order valence-corrected chi connectivity index (χ1v) is 9.33.